The van der Waals surface area contributed by atoms with E-state index in [1.807, 2.05) is 4.90 Å². The van der Waals surface area contributed by atoms with Gasteiger partial charge in [0.1, 0.15) is 12.7 Å². The van der Waals surface area contributed by atoms with Crippen molar-refractivity contribution in [3.05, 3.63) is 48.0 Å². The summed E-state index contributed by atoms with van der Waals surface area (Å²) in [6.45, 7) is 4.27. The Bertz CT molecular complexity index is 706. The van der Waals surface area contributed by atoms with Gasteiger partial charge in [0.15, 0.2) is 0 Å². The van der Waals surface area contributed by atoms with Gasteiger partial charge in [-0.2, -0.15) is 5.10 Å². The maximum atomic E-state index is 12.4. The van der Waals surface area contributed by atoms with Gasteiger partial charge in [0.2, 0.25) is 5.91 Å². The second-order valence-electron chi connectivity index (χ2n) is 6.99. The largest absolute Gasteiger partial charge is 0.340 e. The summed E-state index contributed by atoms with van der Waals surface area (Å²) in [6, 6.07) is 9.45. The molecule has 1 aliphatic carbocycles. The van der Waals surface area contributed by atoms with Gasteiger partial charge in [-0.1, -0.05) is 24.3 Å². The first kappa shape index (κ1) is 16.3. The lowest BCUT2D eigenvalue weighted by molar-refractivity contribution is -0.133. The predicted octanol–water partition coefficient (Wildman–Crippen LogP) is 1.37. The van der Waals surface area contributed by atoms with Gasteiger partial charge in [-0.15, -0.1) is 0 Å². The van der Waals surface area contributed by atoms with Gasteiger partial charge in [0.25, 0.3) is 0 Å². The highest BCUT2D eigenvalue weighted by atomic mass is 16.2. The Kier molecular flexibility index (Phi) is 4.78. The zero-order chi connectivity index (χ0) is 17.1. The summed E-state index contributed by atoms with van der Waals surface area (Å²) in [5.41, 5.74) is 3.02. The average molecular weight is 339 g/mol. The lowest BCUT2D eigenvalue weighted by Gasteiger charge is -2.41. The molecule has 1 fully saturated rings. The molecule has 0 saturated carbocycles. The van der Waals surface area contributed by atoms with E-state index >= 15 is 0 Å². The van der Waals surface area contributed by atoms with Crippen molar-refractivity contribution in [2.75, 3.05) is 26.2 Å². The van der Waals surface area contributed by atoms with E-state index < -0.39 is 0 Å². The Morgan fingerprint density at radius 3 is 2.68 bits per heavy atom. The third kappa shape index (κ3) is 3.74. The summed E-state index contributed by atoms with van der Waals surface area (Å²) in [5, 5.41) is 4.05. The number of piperazine rings is 1. The molecule has 6 heteroatoms. The van der Waals surface area contributed by atoms with Crippen LogP contribution in [0.3, 0.4) is 0 Å². The fourth-order valence-corrected chi connectivity index (χ4v) is 4.04. The Balaban J connectivity index is 1.26. The van der Waals surface area contributed by atoms with E-state index in [0.29, 0.717) is 19.0 Å². The van der Waals surface area contributed by atoms with E-state index in [-0.39, 0.29) is 5.91 Å². The summed E-state index contributed by atoms with van der Waals surface area (Å²) >= 11 is 0. The first-order valence-corrected chi connectivity index (χ1v) is 9.20. The second kappa shape index (κ2) is 7.35. The summed E-state index contributed by atoms with van der Waals surface area (Å²) < 4.78 is 1.72. The van der Waals surface area contributed by atoms with E-state index in [1.165, 1.54) is 30.3 Å². The summed E-state index contributed by atoms with van der Waals surface area (Å²) in [5.74, 6) is 0.226. The Labute approximate surface area is 148 Å². The highest BCUT2D eigenvalue weighted by Crippen LogP contribution is 2.25. The van der Waals surface area contributed by atoms with Crippen LogP contribution < -0.4 is 0 Å². The van der Waals surface area contributed by atoms with Gasteiger partial charge in [0.05, 0.1) is 6.54 Å². The Morgan fingerprint density at radius 2 is 1.92 bits per heavy atom. The van der Waals surface area contributed by atoms with Crippen LogP contribution in [0.4, 0.5) is 0 Å². The number of aromatic nitrogens is 3. The summed E-state index contributed by atoms with van der Waals surface area (Å²) in [6.07, 6.45) is 7.23. The lowest BCUT2D eigenvalue weighted by Crippen LogP contribution is -2.53. The molecule has 0 unspecified atom stereocenters. The maximum Gasteiger partial charge on any atom is 0.224 e. The highest BCUT2D eigenvalue weighted by Gasteiger charge is 2.28. The Morgan fingerprint density at radius 1 is 1.12 bits per heavy atom. The number of carbonyl (C=O) groups is 1. The monoisotopic (exact) mass is 339 g/mol. The minimum atomic E-state index is 0.226. The molecule has 2 heterocycles. The number of carbonyl (C=O) groups excluding carboxylic acids is 1. The van der Waals surface area contributed by atoms with Crippen LogP contribution in [0.25, 0.3) is 0 Å². The van der Waals surface area contributed by atoms with Crippen molar-refractivity contribution in [1.82, 2.24) is 24.6 Å². The SMILES string of the molecule is O=C(CCn1cncn1)N1CCN([C@H]2CCc3ccccc3C2)CC1. The number of hydrogen-bond donors (Lipinski definition) is 0. The molecule has 0 spiro atoms. The Hall–Kier alpha value is -2.21. The van der Waals surface area contributed by atoms with Crippen LogP contribution in [0.2, 0.25) is 0 Å². The second-order valence-corrected chi connectivity index (χ2v) is 6.99. The van der Waals surface area contributed by atoms with Gasteiger partial charge in [-0.3, -0.25) is 14.4 Å². The van der Waals surface area contributed by atoms with Crippen molar-refractivity contribution in [2.45, 2.75) is 38.3 Å². The molecule has 1 aromatic heterocycles. The first-order chi connectivity index (χ1) is 12.3. The van der Waals surface area contributed by atoms with Gasteiger partial charge in [-0.25, -0.2) is 4.98 Å². The summed E-state index contributed by atoms with van der Waals surface area (Å²) in [4.78, 5) is 20.9. The van der Waals surface area contributed by atoms with Gasteiger partial charge < -0.3 is 4.90 Å². The van der Waals surface area contributed by atoms with Gasteiger partial charge >= 0.3 is 0 Å². The number of nitrogens with zero attached hydrogens (tertiary/aromatic N) is 5. The molecule has 0 radical (unpaired) electrons. The molecule has 1 atom stereocenters. The lowest BCUT2D eigenvalue weighted by atomic mass is 9.87. The number of amides is 1. The highest BCUT2D eigenvalue weighted by molar-refractivity contribution is 5.76. The van der Waals surface area contributed by atoms with Crippen molar-refractivity contribution in [1.29, 1.82) is 0 Å². The molecular formula is C19H25N5O. The van der Waals surface area contributed by atoms with Crippen LogP contribution >= 0.6 is 0 Å². The van der Waals surface area contributed by atoms with Crippen molar-refractivity contribution >= 4 is 5.91 Å². The normalized spacial score (nSPS) is 21.1. The van der Waals surface area contributed by atoms with Crippen molar-refractivity contribution < 1.29 is 4.79 Å². The van der Waals surface area contributed by atoms with Gasteiger partial charge in [-0.05, 0) is 30.4 Å². The van der Waals surface area contributed by atoms with E-state index in [9.17, 15) is 4.79 Å². The standard InChI is InChI=1S/C19H25N5O/c25-19(7-8-24-15-20-14-21-24)23-11-9-22(10-12-23)18-6-5-16-3-1-2-4-17(16)13-18/h1-4,14-15,18H,5-13H2/t18-/m0/s1. The minimum absolute atomic E-state index is 0.226. The van der Waals surface area contributed by atoms with Crippen LogP contribution in [-0.2, 0) is 24.2 Å². The van der Waals surface area contributed by atoms with Crippen LogP contribution in [0.5, 0.6) is 0 Å². The maximum absolute atomic E-state index is 12.4. The molecule has 1 amide bonds. The molecule has 1 aliphatic heterocycles. The number of hydrogen-bond acceptors (Lipinski definition) is 4. The molecule has 2 aromatic rings. The van der Waals surface area contributed by atoms with E-state index in [2.05, 4.69) is 39.2 Å². The molecule has 1 saturated heterocycles. The zero-order valence-electron chi connectivity index (χ0n) is 14.5. The molecule has 0 bridgehead atoms. The number of aryl methyl sites for hydroxylation is 2. The smallest absolute Gasteiger partial charge is 0.224 e. The van der Waals surface area contributed by atoms with Crippen LogP contribution in [0.15, 0.2) is 36.9 Å². The van der Waals surface area contributed by atoms with Gasteiger partial charge in [0, 0.05) is 38.6 Å². The number of fused-ring (bicyclic) bond motifs is 1. The third-order valence-corrected chi connectivity index (χ3v) is 5.53. The van der Waals surface area contributed by atoms with Crippen LogP contribution in [-0.4, -0.2) is 62.7 Å². The molecule has 6 nitrogen and oxygen atoms in total. The van der Waals surface area contributed by atoms with Crippen molar-refractivity contribution in [2.24, 2.45) is 0 Å². The topological polar surface area (TPSA) is 54.3 Å². The van der Waals surface area contributed by atoms with Crippen LogP contribution in [0.1, 0.15) is 24.0 Å². The molecule has 2 aliphatic rings. The quantitative estimate of drug-likeness (QED) is 0.844. The first-order valence-electron chi connectivity index (χ1n) is 9.20. The molecule has 4 rings (SSSR count). The van der Waals surface area contributed by atoms with Crippen molar-refractivity contribution in [3.8, 4) is 0 Å². The number of benzene rings is 1. The molecular weight excluding hydrogens is 314 g/mol. The van der Waals surface area contributed by atoms with Crippen LogP contribution in [0, 0.1) is 0 Å². The average Bonchev–Trinajstić information content (AvgIpc) is 3.19. The van der Waals surface area contributed by atoms with E-state index in [4.69, 9.17) is 0 Å². The minimum Gasteiger partial charge on any atom is -0.340 e. The fourth-order valence-electron chi connectivity index (χ4n) is 4.04. The number of rotatable bonds is 4. The predicted molar refractivity (Wildman–Crippen MR) is 95.0 cm³/mol. The third-order valence-electron chi connectivity index (χ3n) is 5.53. The molecule has 25 heavy (non-hydrogen) atoms. The fraction of sp³-hybridized carbons (Fsp3) is 0.526. The molecule has 132 valence electrons. The van der Waals surface area contributed by atoms with E-state index in [1.54, 1.807) is 11.0 Å². The zero-order valence-corrected chi connectivity index (χ0v) is 14.5. The molecule has 1 aromatic carbocycles. The van der Waals surface area contributed by atoms with Crippen molar-refractivity contribution in [3.63, 3.8) is 0 Å². The molecule has 0 N–H and O–H groups in total. The van der Waals surface area contributed by atoms with E-state index in [0.717, 1.165) is 32.6 Å². The summed E-state index contributed by atoms with van der Waals surface area (Å²) in [7, 11) is 0.